The van der Waals surface area contributed by atoms with Crippen LogP contribution in [0.25, 0.3) is 0 Å². The Balaban J connectivity index is 1.30. The average molecular weight is 427 g/mol. The van der Waals surface area contributed by atoms with Gasteiger partial charge in [-0.05, 0) is 42.5 Å². The van der Waals surface area contributed by atoms with Crippen molar-refractivity contribution in [2.75, 3.05) is 51.1 Å². The van der Waals surface area contributed by atoms with Crippen LogP contribution in [0.2, 0.25) is 0 Å². The molecule has 1 aromatic heterocycles. The minimum atomic E-state index is -0.175. The van der Waals surface area contributed by atoms with Crippen LogP contribution < -0.4 is 5.32 Å². The van der Waals surface area contributed by atoms with Gasteiger partial charge in [0.2, 0.25) is 5.91 Å². The van der Waals surface area contributed by atoms with Crippen molar-refractivity contribution in [3.63, 3.8) is 0 Å². The van der Waals surface area contributed by atoms with E-state index in [9.17, 15) is 14.4 Å². The Bertz CT molecular complexity index is 901. The fraction of sp³-hybridized carbons (Fsp3) is 0.409. The van der Waals surface area contributed by atoms with Crippen molar-refractivity contribution >= 4 is 34.7 Å². The molecule has 0 spiro atoms. The topological polar surface area (TPSA) is 73.0 Å². The van der Waals surface area contributed by atoms with E-state index >= 15 is 0 Å². The molecule has 2 aromatic rings. The summed E-state index contributed by atoms with van der Waals surface area (Å²) >= 11 is 1.38. The normalized spacial score (nSPS) is 17.2. The van der Waals surface area contributed by atoms with Crippen molar-refractivity contribution in [1.82, 2.24) is 14.7 Å². The van der Waals surface area contributed by atoms with Crippen LogP contribution in [0.5, 0.6) is 0 Å². The molecule has 0 aliphatic carbocycles. The van der Waals surface area contributed by atoms with Crippen molar-refractivity contribution in [1.29, 1.82) is 0 Å². The van der Waals surface area contributed by atoms with E-state index in [0.717, 1.165) is 25.9 Å². The van der Waals surface area contributed by atoms with Gasteiger partial charge in [0, 0.05) is 50.5 Å². The van der Waals surface area contributed by atoms with Crippen molar-refractivity contribution in [3.05, 3.63) is 52.2 Å². The SMILES string of the molecule is O=C(Nc1cccc(C(=O)N2CCN(CC(=O)N3CCCC3)CC2)c1)c1cccs1. The van der Waals surface area contributed by atoms with Gasteiger partial charge < -0.3 is 15.1 Å². The number of thiophene rings is 1. The monoisotopic (exact) mass is 426 g/mol. The van der Waals surface area contributed by atoms with Gasteiger partial charge in [-0.1, -0.05) is 12.1 Å². The van der Waals surface area contributed by atoms with Crippen LogP contribution in [0, 0.1) is 0 Å². The highest BCUT2D eigenvalue weighted by molar-refractivity contribution is 7.12. The third kappa shape index (κ3) is 4.88. The van der Waals surface area contributed by atoms with E-state index in [1.165, 1.54) is 11.3 Å². The number of piperazine rings is 1. The molecule has 2 saturated heterocycles. The number of nitrogens with zero attached hydrogens (tertiary/aromatic N) is 3. The van der Waals surface area contributed by atoms with Crippen LogP contribution >= 0.6 is 11.3 Å². The molecule has 0 radical (unpaired) electrons. The number of hydrogen-bond donors (Lipinski definition) is 1. The molecule has 0 atom stereocenters. The number of likely N-dealkylation sites (tertiary alicyclic amines) is 1. The first-order chi connectivity index (χ1) is 14.6. The maximum atomic E-state index is 12.9. The van der Waals surface area contributed by atoms with Gasteiger partial charge in [0.15, 0.2) is 0 Å². The molecular weight excluding hydrogens is 400 g/mol. The lowest BCUT2D eigenvalue weighted by atomic mass is 10.1. The van der Waals surface area contributed by atoms with Crippen molar-refractivity contribution < 1.29 is 14.4 Å². The predicted octanol–water partition coefficient (Wildman–Crippen LogP) is 2.38. The summed E-state index contributed by atoms with van der Waals surface area (Å²) in [5.74, 6) is -0.0277. The Hall–Kier alpha value is -2.71. The number of hydrogen-bond acceptors (Lipinski definition) is 5. The highest BCUT2D eigenvalue weighted by Gasteiger charge is 2.26. The van der Waals surface area contributed by atoms with Crippen LogP contribution in [-0.2, 0) is 4.79 Å². The van der Waals surface area contributed by atoms with E-state index in [2.05, 4.69) is 10.2 Å². The lowest BCUT2D eigenvalue weighted by molar-refractivity contribution is -0.131. The number of rotatable bonds is 5. The second-order valence-electron chi connectivity index (χ2n) is 7.67. The van der Waals surface area contributed by atoms with Crippen LogP contribution in [0.3, 0.4) is 0 Å². The van der Waals surface area contributed by atoms with E-state index < -0.39 is 0 Å². The summed E-state index contributed by atoms with van der Waals surface area (Å²) in [6.07, 6.45) is 2.20. The zero-order chi connectivity index (χ0) is 20.9. The van der Waals surface area contributed by atoms with Crippen LogP contribution in [0.1, 0.15) is 32.9 Å². The highest BCUT2D eigenvalue weighted by Crippen LogP contribution is 2.17. The van der Waals surface area contributed by atoms with Crippen LogP contribution in [0.4, 0.5) is 5.69 Å². The first kappa shape index (κ1) is 20.6. The van der Waals surface area contributed by atoms with E-state index in [4.69, 9.17) is 0 Å². The Morgan fingerprint density at radius 1 is 0.900 bits per heavy atom. The standard InChI is InChI=1S/C22H26N4O3S/c27-20(25-8-1-2-9-25)16-24-10-12-26(13-11-24)22(29)17-5-3-6-18(15-17)23-21(28)19-7-4-14-30-19/h3-7,14-15H,1-2,8-13,16H2,(H,23,28). The van der Waals surface area contributed by atoms with Crippen LogP contribution in [0.15, 0.2) is 41.8 Å². The quantitative estimate of drug-likeness (QED) is 0.797. The number of nitrogens with one attached hydrogen (secondary N) is 1. The van der Waals surface area contributed by atoms with Gasteiger partial charge >= 0.3 is 0 Å². The third-order valence-electron chi connectivity index (χ3n) is 5.59. The lowest BCUT2D eigenvalue weighted by Gasteiger charge is -2.35. The molecule has 3 amide bonds. The Labute approximate surface area is 180 Å². The van der Waals surface area contributed by atoms with E-state index in [1.807, 2.05) is 21.2 Å². The fourth-order valence-corrected chi connectivity index (χ4v) is 4.50. The zero-order valence-electron chi connectivity index (χ0n) is 16.9. The van der Waals surface area contributed by atoms with Crippen molar-refractivity contribution in [2.24, 2.45) is 0 Å². The molecule has 0 unspecified atom stereocenters. The molecule has 158 valence electrons. The Morgan fingerprint density at radius 2 is 1.67 bits per heavy atom. The van der Waals surface area contributed by atoms with Gasteiger partial charge in [-0.25, -0.2) is 0 Å². The maximum absolute atomic E-state index is 12.9. The molecule has 8 heteroatoms. The van der Waals surface area contributed by atoms with E-state index in [1.54, 1.807) is 30.3 Å². The molecule has 2 fully saturated rings. The third-order valence-corrected chi connectivity index (χ3v) is 6.46. The van der Waals surface area contributed by atoms with Gasteiger partial charge in [-0.3, -0.25) is 19.3 Å². The van der Waals surface area contributed by atoms with Crippen molar-refractivity contribution in [3.8, 4) is 0 Å². The summed E-state index contributed by atoms with van der Waals surface area (Å²) < 4.78 is 0. The van der Waals surface area contributed by atoms with E-state index in [-0.39, 0.29) is 17.7 Å². The maximum Gasteiger partial charge on any atom is 0.265 e. The Morgan fingerprint density at radius 3 is 2.37 bits per heavy atom. The van der Waals surface area contributed by atoms with Gasteiger partial charge in [0.25, 0.3) is 11.8 Å². The van der Waals surface area contributed by atoms with Gasteiger partial charge in [-0.15, -0.1) is 11.3 Å². The molecule has 1 N–H and O–H groups in total. The van der Waals surface area contributed by atoms with Crippen LogP contribution in [-0.4, -0.2) is 78.2 Å². The first-order valence-electron chi connectivity index (χ1n) is 10.3. The van der Waals surface area contributed by atoms with Gasteiger partial charge in [-0.2, -0.15) is 0 Å². The molecule has 1 aromatic carbocycles. The molecule has 2 aliphatic rings. The first-order valence-corrected chi connectivity index (χ1v) is 11.2. The smallest absolute Gasteiger partial charge is 0.265 e. The number of amides is 3. The number of carbonyl (C=O) groups is 3. The molecule has 2 aliphatic heterocycles. The lowest BCUT2D eigenvalue weighted by Crippen LogP contribution is -2.51. The molecule has 7 nitrogen and oxygen atoms in total. The van der Waals surface area contributed by atoms with E-state index in [0.29, 0.717) is 48.9 Å². The number of carbonyl (C=O) groups excluding carboxylic acids is 3. The zero-order valence-corrected chi connectivity index (χ0v) is 17.7. The summed E-state index contributed by atoms with van der Waals surface area (Å²) in [5.41, 5.74) is 1.16. The molecule has 30 heavy (non-hydrogen) atoms. The molecular formula is C22H26N4O3S. The predicted molar refractivity (Wildman–Crippen MR) is 117 cm³/mol. The average Bonchev–Trinajstić information content (AvgIpc) is 3.48. The minimum absolute atomic E-state index is 0.0484. The summed E-state index contributed by atoms with van der Waals surface area (Å²) in [7, 11) is 0. The minimum Gasteiger partial charge on any atom is -0.342 e. The molecule has 0 bridgehead atoms. The highest BCUT2D eigenvalue weighted by atomic mass is 32.1. The number of benzene rings is 1. The summed E-state index contributed by atoms with van der Waals surface area (Å²) in [4.78, 5) is 44.0. The molecule has 4 rings (SSSR count). The van der Waals surface area contributed by atoms with Crippen molar-refractivity contribution in [2.45, 2.75) is 12.8 Å². The Kier molecular flexibility index (Phi) is 6.44. The molecule has 3 heterocycles. The fourth-order valence-electron chi connectivity index (χ4n) is 3.88. The largest absolute Gasteiger partial charge is 0.342 e. The summed E-state index contributed by atoms with van der Waals surface area (Å²) in [5, 5.41) is 4.70. The second kappa shape index (κ2) is 9.40. The number of anilines is 1. The summed E-state index contributed by atoms with van der Waals surface area (Å²) in [6.45, 7) is 4.76. The molecule has 0 saturated carbocycles. The van der Waals surface area contributed by atoms with Gasteiger partial charge in [0.1, 0.15) is 0 Å². The van der Waals surface area contributed by atoms with Gasteiger partial charge in [0.05, 0.1) is 11.4 Å². The second-order valence-corrected chi connectivity index (χ2v) is 8.62. The summed E-state index contributed by atoms with van der Waals surface area (Å²) in [6, 6.07) is 10.6.